The Morgan fingerprint density at radius 3 is 2.38 bits per heavy atom. The SMILES string of the molecule is COc1ccc(NC(=S)NCc2cccc(OC)c2)cc1. The molecule has 0 aliphatic carbocycles. The predicted molar refractivity (Wildman–Crippen MR) is 89.0 cm³/mol. The van der Waals surface area contributed by atoms with E-state index in [0.717, 1.165) is 22.7 Å². The minimum absolute atomic E-state index is 0.572. The number of hydrogen-bond acceptors (Lipinski definition) is 3. The van der Waals surface area contributed by atoms with Crippen molar-refractivity contribution in [3.05, 3.63) is 54.1 Å². The van der Waals surface area contributed by atoms with Crippen LogP contribution >= 0.6 is 12.2 Å². The Morgan fingerprint density at radius 2 is 1.71 bits per heavy atom. The lowest BCUT2D eigenvalue weighted by atomic mass is 10.2. The molecule has 0 unspecified atom stereocenters. The quantitative estimate of drug-likeness (QED) is 0.830. The molecule has 2 N–H and O–H groups in total. The number of thiocarbonyl (C=S) groups is 1. The van der Waals surface area contributed by atoms with Crippen molar-refractivity contribution >= 4 is 23.0 Å². The molecule has 21 heavy (non-hydrogen) atoms. The van der Waals surface area contributed by atoms with Crippen LogP contribution in [0.4, 0.5) is 5.69 Å². The lowest BCUT2D eigenvalue weighted by molar-refractivity contribution is 0.414. The third-order valence-electron chi connectivity index (χ3n) is 2.94. The monoisotopic (exact) mass is 302 g/mol. The van der Waals surface area contributed by atoms with Crippen molar-refractivity contribution in [3.63, 3.8) is 0 Å². The fraction of sp³-hybridized carbons (Fsp3) is 0.188. The fourth-order valence-electron chi connectivity index (χ4n) is 1.81. The van der Waals surface area contributed by atoms with E-state index in [-0.39, 0.29) is 0 Å². The number of rotatable bonds is 5. The number of methoxy groups -OCH3 is 2. The van der Waals surface area contributed by atoms with E-state index in [2.05, 4.69) is 10.6 Å². The normalized spacial score (nSPS) is 9.81. The highest BCUT2D eigenvalue weighted by Gasteiger charge is 2.00. The molecule has 0 heterocycles. The number of ether oxygens (including phenoxy) is 2. The van der Waals surface area contributed by atoms with Gasteiger partial charge in [0.2, 0.25) is 0 Å². The van der Waals surface area contributed by atoms with E-state index in [1.807, 2.05) is 48.5 Å². The summed E-state index contributed by atoms with van der Waals surface area (Å²) < 4.78 is 10.3. The summed E-state index contributed by atoms with van der Waals surface area (Å²) in [4.78, 5) is 0. The second kappa shape index (κ2) is 7.50. The lowest BCUT2D eigenvalue weighted by Gasteiger charge is -2.11. The third-order valence-corrected chi connectivity index (χ3v) is 3.18. The number of benzene rings is 2. The molecule has 0 fully saturated rings. The van der Waals surface area contributed by atoms with Crippen molar-refractivity contribution in [1.82, 2.24) is 5.32 Å². The highest BCUT2D eigenvalue weighted by atomic mass is 32.1. The van der Waals surface area contributed by atoms with Gasteiger partial charge in [-0.1, -0.05) is 12.1 Å². The van der Waals surface area contributed by atoms with Gasteiger partial charge >= 0.3 is 0 Å². The van der Waals surface area contributed by atoms with Crippen LogP contribution in [0.3, 0.4) is 0 Å². The average molecular weight is 302 g/mol. The summed E-state index contributed by atoms with van der Waals surface area (Å²) in [7, 11) is 3.30. The molecule has 0 radical (unpaired) electrons. The van der Waals surface area contributed by atoms with Gasteiger partial charge in [0.25, 0.3) is 0 Å². The van der Waals surface area contributed by atoms with Crippen molar-refractivity contribution in [2.45, 2.75) is 6.54 Å². The molecule has 4 nitrogen and oxygen atoms in total. The molecule has 110 valence electrons. The molecule has 0 aliphatic rings. The van der Waals surface area contributed by atoms with Crippen LogP contribution in [0.5, 0.6) is 11.5 Å². The first-order chi connectivity index (χ1) is 10.2. The van der Waals surface area contributed by atoms with Crippen molar-refractivity contribution < 1.29 is 9.47 Å². The second-order valence-corrected chi connectivity index (χ2v) is 4.80. The zero-order valence-electron chi connectivity index (χ0n) is 12.1. The molecule has 2 rings (SSSR count). The summed E-state index contributed by atoms with van der Waals surface area (Å²) in [6, 6.07) is 15.5. The van der Waals surface area contributed by atoms with E-state index in [4.69, 9.17) is 21.7 Å². The Morgan fingerprint density at radius 1 is 1.00 bits per heavy atom. The van der Waals surface area contributed by atoms with Gasteiger partial charge in [0.05, 0.1) is 14.2 Å². The molecule has 0 bridgehead atoms. The Labute approximate surface area is 130 Å². The van der Waals surface area contributed by atoms with Crippen molar-refractivity contribution in [2.75, 3.05) is 19.5 Å². The van der Waals surface area contributed by atoms with E-state index in [0.29, 0.717) is 11.7 Å². The molecule has 0 aliphatic heterocycles. The van der Waals surface area contributed by atoms with Gasteiger partial charge in [-0.2, -0.15) is 0 Å². The smallest absolute Gasteiger partial charge is 0.171 e. The molecular formula is C16H18N2O2S. The van der Waals surface area contributed by atoms with E-state index in [9.17, 15) is 0 Å². The Bertz CT molecular complexity index is 599. The first-order valence-corrected chi connectivity index (χ1v) is 6.94. The molecule has 5 heteroatoms. The maximum atomic E-state index is 5.27. The summed E-state index contributed by atoms with van der Waals surface area (Å²) in [6.07, 6.45) is 0. The van der Waals surface area contributed by atoms with Gasteiger partial charge in [0, 0.05) is 12.2 Å². The van der Waals surface area contributed by atoms with E-state index in [1.54, 1.807) is 14.2 Å². The van der Waals surface area contributed by atoms with Gasteiger partial charge in [0.15, 0.2) is 5.11 Å². The van der Waals surface area contributed by atoms with Gasteiger partial charge < -0.3 is 20.1 Å². The van der Waals surface area contributed by atoms with Crippen LogP contribution in [0.2, 0.25) is 0 Å². The molecule has 0 amide bonds. The summed E-state index contributed by atoms with van der Waals surface area (Å²) in [5.41, 5.74) is 2.02. The van der Waals surface area contributed by atoms with Gasteiger partial charge in [-0.25, -0.2) is 0 Å². The summed E-state index contributed by atoms with van der Waals surface area (Å²) in [5.74, 6) is 1.65. The predicted octanol–water partition coefficient (Wildman–Crippen LogP) is 3.19. The summed E-state index contributed by atoms with van der Waals surface area (Å²) in [6.45, 7) is 0.638. The van der Waals surface area contributed by atoms with Crippen molar-refractivity contribution in [2.24, 2.45) is 0 Å². The van der Waals surface area contributed by atoms with Crippen LogP contribution in [0.1, 0.15) is 5.56 Å². The third kappa shape index (κ3) is 4.65. The van der Waals surface area contributed by atoms with Crippen molar-refractivity contribution in [1.29, 1.82) is 0 Å². The molecular weight excluding hydrogens is 284 g/mol. The summed E-state index contributed by atoms with van der Waals surface area (Å²) >= 11 is 5.27. The van der Waals surface area contributed by atoms with Crippen molar-refractivity contribution in [3.8, 4) is 11.5 Å². The second-order valence-electron chi connectivity index (χ2n) is 4.39. The Balaban J connectivity index is 1.86. The molecule has 2 aromatic rings. The number of hydrogen-bond donors (Lipinski definition) is 2. The zero-order valence-corrected chi connectivity index (χ0v) is 12.9. The van der Waals surface area contributed by atoms with Crippen LogP contribution in [0.25, 0.3) is 0 Å². The van der Waals surface area contributed by atoms with Gasteiger partial charge in [-0.15, -0.1) is 0 Å². The van der Waals surface area contributed by atoms with Gasteiger partial charge in [0.1, 0.15) is 11.5 Å². The lowest BCUT2D eigenvalue weighted by Crippen LogP contribution is -2.27. The van der Waals surface area contributed by atoms with Crippen LogP contribution < -0.4 is 20.1 Å². The number of nitrogens with one attached hydrogen (secondary N) is 2. The molecule has 0 saturated carbocycles. The van der Waals surface area contributed by atoms with Crippen LogP contribution in [0.15, 0.2) is 48.5 Å². The van der Waals surface area contributed by atoms with Gasteiger partial charge in [-0.05, 0) is 54.2 Å². The first kappa shape index (κ1) is 15.1. The highest BCUT2D eigenvalue weighted by Crippen LogP contribution is 2.15. The van der Waals surface area contributed by atoms with E-state index < -0.39 is 0 Å². The molecule has 0 spiro atoms. The zero-order chi connectivity index (χ0) is 15.1. The minimum atomic E-state index is 0.572. The molecule has 0 saturated heterocycles. The average Bonchev–Trinajstić information content (AvgIpc) is 2.54. The summed E-state index contributed by atoms with van der Waals surface area (Å²) in [5, 5.41) is 6.86. The fourth-order valence-corrected chi connectivity index (χ4v) is 2.00. The standard InChI is InChI=1S/C16H18N2O2S/c1-19-14-8-6-13(7-9-14)18-16(21)17-11-12-4-3-5-15(10-12)20-2/h3-10H,11H2,1-2H3,(H2,17,18,21). The molecule has 0 aromatic heterocycles. The Kier molecular flexibility index (Phi) is 5.40. The topological polar surface area (TPSA) is 42.5 Å². The van der Waals surface area contributed by atoms with Crippen LogP contribution in [0, 0.1) is 0 Å². The Hall–Kier alpha value is -2.27. The maximum absolute atomic E-state index is 5.27. The largest absolute Gasteiger partial charge is 0.497 e. The van der Waals surface area contributed by atoms with Crippen LogP contribution in [-0.4, -0.2) is 19.3 Å². The highest BCUT2D eigenvalue weighted by molar-refractivity contribution is 7.80. The molecule has 2 aromatic carbocycles. The first-order valence-electron chi connectivity index (χ1n) is 6.53. The minimum Gasteiger partial charge on any atom is -0.497 e. The van der Waals surface area contributed by atoms with Crippen LogP contribution in [-0.2, 0) is 6.54 Å². The molecule has 0 atom stereocenters. The van der Waals surface area contributed by atoms with E-state index >= 15 is 0 Å². The maximum Gasteiger partial charge on any atom is 0.171 e. The van der Waals surface area contributed by atoms with E-state index in [1.165, 1.54) is 0 Å². The number of anilines is 1. The van der Waals surface area contributed by atoms with Gasteiger partial charge in [-0.3, -0.25) is 0 Å².